The maximum Gasteiger partial charge on any atom is 0.103 e. The fourth-order valence-corrected chi connectivity index (χ4v) is 3.42. The fraction of sp³-hybridized carbons (Fsp3) is 0.471. The van der Waals surface area contributed by atoms with Gasteiger partial charge in [0.25, 0.3) is 0 Å². The number of hydrogen-bond donors (Lipinski definition) is 1. The van der Waals surface area contributed by atoms with E-state index < -0.39 is 0 Å². The minimum atomic E-state index is 0.476. The molecule has 1 aromatic heterocycles. The van der Waals surface area contributed by atoms with Crippen LogP contribution in [0.5, 0.6) is 0 Å². The second-order valence-electron chi connectivity index (χ2n) is 5.90. The maximum absolute atomic E-state index is 4.59. The Hall–Kier alpha value is -1.26. The molecule has 3 nitrogen and oxygen atoms in total. The van der Waals surface area contributed by atoms with E-state index in [9.17, 15) is 0 Å². The van der Waals surface area contributed by atoms with Gasteiger partial charge in [0.1, 0.15) is 5.03 Å². The topological polar surface area (TPSA) is 29.9 Å². The molecule has 0 aliphatic rings. The van der Waals surface area contributed by atoms with Crippen LogP contribution >= 0.6 is 11.8 Å². The summed E-state index contributed by atoms with van der Waals surface area (Å²) in [7, 11) is 2.03. The smallest absolute Gasteiger partial charge is 0.103 e. The Balaban J connectivity index is 2.30. The summed E-state index contributed by atoms with van der Waals surface area (Å²) in [6.45, 7) is 11.6. The number of aryl methyl sites for hydroxylation is 4. The molecule has 1 N–H and O–H groups in total. The Morgan fingerprint density at radius 2 is 1.95 bits per heavy atom. The highest BCUT2D eigenvalue weighted by Gasteiger charge is 2.15. The van der Waals surface area contributed by atoms with E-state index in [1.54, 1.807) is 0 Å². The molecule has 0 radical (unpaired) electrons. The summed E-state index contributed by atoms with van der Waals surface area (Å²) in [6.07, 6.45) is 0. The Morgan fingerprint density at radius 1 is 1.24 bits per heavy atom. The van der Waals surface area contributed by atoms with Crippen molar-refractivity contribution in [1.29, 1.82) is 0 Å². The molecule has 0 aliphatic carbocycles. The summed E-state index contributed by atoms with van der Waals surface area (Å²) in [6, 6.07) is 7.09. The first-order valence-electron chi connectivity index (χ1n) is 7.39. The lowest BCUT2D eigenvalue weighted by atomic mass is 10.2. The van der Waals surface area contributed by atoms with Crippen molar-refractivity contribution < 1.29 is 0 Å². The molecule has 1 aromatic carbocycles. The molecule has 0 saturated carbocycles. The van der Waals surface area contributed by atoms with E-state index in [0.29, 0.717) is 6.04 Å². The van der Waals surface area contributed by atoms with Gasteiger partial charge < -0.3 is 5.32 Å². The van der Waals surface area contributed by atoms with Crippen LogP contribution in [0.3, 0.4) is 0 Å². The van der Waals surface area contributed by atoms with Gasteiger partial charge >= 0.3 is 0 Å². The van der Waals surface area contributed by atoms with Gasteiger partial charge in [-0.25, -0.2) is 0 Å². The molecule has 0 amide bonds. The third-order valence-electron chi connectivity index (χ3n) is 3.51. The monoisotopic (exact) mass is 303 g/mol. The molecule has 0 bridgehead atoms. The zero-order valence-corrected chi connectivity index (χ0v) is 14.6. The first kappa shape index (κ1) is 16.1. The Labute approximate surface area is 132 Å². The summed E-state index contributed by atoms with van der Waals surface area (Å²) in [5.41, 5.74) is 5.04. The van der Waals surface area contributed by atoms with Crippen molar-refractivity contribution in [2.75, 3.05) is 0 Å². The molecule has 0 unspecified atom stereocenters. The molecule has 2 aromatic rings. The van der Waals surface area contributed by atoms with E-state index in [-0.39, 0.29) is 0 Å². The van der Waals surface area contributed by atoms with Crippen LogP contribution in [0.15, 0.2) is 28.1 Å². The van der Waals surface area contributed by atoms with Crippen LogP contribution in [0.4, 0.5) is 0 Å². The van der Waals surface area contributed by atoms with Crippen LogP contribution < -0.4 is 5.32 Å². The summed E-state index contributed by atoms with van der Waals surface area (Å²) in [5.74, 6) is 0. The lowest BCUT2D eigenvalue weighted by molar-refractivity contribution is 0.580. The van der Waals surface area contributed by atoms with E-state index in [2.05, 4.69) is 63.2 Å². The second kappa shape index (κ2) is 6.67. The van der Waals surface area contributed by atoms with E-state index in [4.69, 9.17) is 0 Å². The van der Waals surface area contributed by atoms with Crippen LogP contribution in [-0.2, 0) is 13.6 Å². The zero-order chi connectivity index (χ0) is 15.6. The third-order valence-corrected chi connectivity index (χ3v) is 4.89. The maximum atomic E-state index is 4.59. The molecule has 0 spiro atoms. The number of hydrogen-bond acceptors (Lipinski definition) is 3. The molecular weight excluding hydrogens is 278 g/mol. The number of rotatable bonds is 5. The normalized spacial score (nSPS) is 11.4. The average Bonchev–Trinajstić information content (AvgIpc) is 2.65. The lowest BCUT2D eigenvalue weighted by Gasteiger charge is -2.11. The highest BCUT2D eigenvalue weighted by atomic mass is 32.2. The van der Waals surface area contributed by atoms with Gasteiger partial charge in [0.2, 0.25) is 0 Å². The van der Waals surface area contributed by atoms with Gasteiger partial charge in [-0.2, -0.15) is 5.10 Å². The summed E-state index contributed by atoms with van der Waals surface area (Å²) in [5, 5.41) is 9.32. The molecule has 0 aliphatic heterocycles. The van der Waals surface area contributed by atoms with Crippen LogP contribution in [0, 0.1) is 20.8 Å². The van der Waals surface area contributed by atoms with Gasteiger partial charge in [0, 0.05) is 30.1 Å². The Bertz CT molecular complexity index is 629. The summed E-state index contributed by atoms with van der Waals surface area (Å²) >= 11 is 1.81. The number of nitrogens with zero attached hydrogens (tertiary/aromatic N) is 2. The van der Waals surface area contributed by atoms with Gasteiger partial charge in [-0.15, -0.1) is 0 Å². The third kappa shape index (κ3) is 3.89. The van der Waals surface area contributed by atoms with Crippen molar-refractivity contribution >= 4 is 11.8 Å². The molecule has 0 fully saturated rings. The molecule has 21 heavy (non-hydrogen) atoms. The van der Waals surface area contributed by atoms with E-state index in [1.807, 2.05) is 23.5 Å². The predicted molar refractivity (Wildman–Crippen MR) is 90.0 cm³/mol. The fourth-order valence-electron chi connectivity index (χ4n) is 2.34. The minimum absolute atomic E-state index is 0.476. The Morgan fingerprint density at radius 3 is 2.57 bits per heavy atom. The number of aromatic nitrogens is 2. The van der Waals surface area contributed by atoms with Gasteiger partial charge in [-0.3, -0.25) is 4.68 Å². The summed E-state index contributed by atoms with van der Waals surface area (Å²) in [4.78, 5) is 1.30. The predicted octanol–water partition coefficient (Wildman–Crippen LogP) is 3.99. The number of benzene rings is 1. The van der Waals surface area contributed by atoms with Crippen LogP contribution in [0.25, 0.3) is 0 Å². The molecule has 2 rings (SSSR count). The first-order valence-corrected chi connectivity index (χ1v) is 8.21. The Kier molecular flexibility index (Phi) is 5.12. The van der Waals surface area contributed by atoms with Crippen molar-refractivity contribution in [3.8, 4) is 0 Å². The van der Waals surface area contributed by atoms with Crippen LogP contribution in [-0.4, -0.2) is 15.8 Å². The molecular formula is C17H25N3S. The van der Waals surface area contributed by atoms with Gasteiger partial charge in [0.05, 0.1) is 5.69 Å². The zero-order valence-electron chi connectivity index (χ0n) is 13.8. The molecule has 1 heterocycles. The first-order chi connectivity index (χ1) is 9.88. The van der Waals surface area contributed by atoms with Gasteiger partial charge in [-0.05, 0) is 32.4 Å². The highest BCUT2D eigenvalue weighted by molar-refractivity contribution is 7.99. The average molecular weight is 303 g/mol. The SMILES string of the molecule is Cc1ccc(Sc2c(CNC(C)C)c(C)nn2C)c(C)c1. The summed E-state index contributed by atoms with van der Waals surface area (Å²) < 4.78 is 2.00. The van der Waals surface area contributed by atoms with Crippen molar-refractivity contribution in [3.63, 3.8) is 0 Å². The van der Waals surface area contributed by atoms with Crippen LogP contribution in [0.1, 0.15) is 36.2 Å². The van der Waals surface area contributed by atoms with Crippen LogP contribution in [0.2, 0.25) is 0 Å². The highest BCUT2D eigenvalue weighted by Crippen LogP contribution is 2.34. The lowest BCUT2D eigenvalue weighted by Crippen LogP contribution is -2.22. The standard InChI is InChI=1S/C17H25N3S/c1-11(2)18-10-15-14(5)19-20(6)17(15)21-16-8-7-12(3)9-13(16)4/h7-9,11,18H,10H2,1-6H3. The van der Waals surface area contributed by atoms with E-state index in [0.717, 1.165) is 12.2 Å². The van der Waals surface area contributed by atoms with Crippen molar-refractivity contribution in [2.24, 2.45) is 7.05 Å². The number of nitrogens with one attached hydrogen (secondary N) is 1. The largest absolute Gasteiger partial charge is 0.310 e. The van der Waals surface area contributed by atoms with Gasteiger partial charge in [0.15, 0.2) is 0 Å². The molecule has 0 saturated heterocycles. The quantitative estimate of drug-likeness (QED) is 0.905. The minimum Gasteiger partial charge on any atom is -0.310 e. The van der Waals surface area contributed by atoms with Gasteiger partial charge in [-0.1, -0.05) is 43.3 Å². The molecule has 114 valence electrons. The van der Waals surface area contributed by atoms with Crippen molar-refractivity contribution in [3.05, 3.63) is 40.6 Å². The second-order valence-corrected chi connectivity index (χ2v) is 6.93. The van der Waals surface area contributed by atoms with E-state index in [1.165, 1.54) is 26.6 Å². The van der Waals surface area contributed by atoms with E-state index >= 15 is 0 Å². The molecule has 0 atom stereocenters. The van der Waals surface area contributed by atoms with Crippen molar-refractivity contribution in [1.82, 2.24) is 15.1 Å². The molecule has 4 heteroatoms. The van der Waals surface area contributed by atoms with Crippen molar-refractivity contribution in [2.45, 2.75) is 57.1 Å².